The van der Waals surface area contributed by atoms with Gasteiger partial charge in [-0.3, -0.25) is 0 Å². The third-order valence-corrected chi connectivity index (χ3v) is 3.30. The first-order valence-corrected chi connectivity index (χ1v) is 3.67. The van der Waals surface area contributed by atoms with Crippen LogP contribution in [0.2, 0.25) is 0 Å². The fourth-order valence-corrected chi connectivity index (χ4v) is 2.96. The van der Waals surface area contributed by atoms with E-state index < -0.39 is 0 Å². The van der Waals surface area contributed by atoms with Crippen molar-refractivity contribution in [3.63, 3.8) is 0 Å². The first-order chi connectivity index (χ1) is 3.97. The lowest BCUT2D eigenvalue weighted by Gasteiger charge is -2.31. The highest BCUT2D eigenvalue weighted by molar-refractivity contribution is 5.34. The largest absolute Gasteiger partial charge is 0.0844 e. The van der Waals surface area contributed by atoms with Crippen molar-refractivity contribution >= 4 is 0 Å². The van der Waals surface area contributed by atoms with Crippen LogP contribution in [0.3, 0.4) is 0 Å². The average Bonchev–Trinajstić information content (AvgIpc) is 2.39. The molecule has 0 saturated heterocycles. The Morgan fingerprint density at radius 2 is 2.00 bits per heavy atom. The van der Waals surface area contributed by atoms with Gasteiger partial charge in [0.1, 0.15) is 0 Å². The number of allylic oxidation sites excluding steroid dienone is 2. The van der Waals surface area contributed by atoms with Gasteiger partial charge < -0.3 is 0 Å². The maximum Gasteiger partial charge on any atom is -0.0163 e. The normalized spacial score (nSPS) is 56.0. The highest BCUT2D eigenvalue weighted by Gasteiger charge is 2.53. The van der Waals surface area contributed by atoms with Gasteiger partial charge in [0.15, 0.2) is 0 Å². The van der Waals surface area contributed by atoms with E-state index >= 15 is 0 Å². The number of rotatable bonds is 0. The molecule has 0 aromatic heterocycles. The van der Waals surface area contributed by atoms with Crippen LogP contribution in [0.25, 0.3) is 0 Å². The first-order valence-electron chi connectivity index (χ1n) is 3.67. The lowest BCUT2D eigenvalue weighted by atomic mass is 9.73. The van der Waals surface area contributed by atoms with Crippen LogP contribution in [-0.2, 0) is 0 Å². The molecule has 0 heterocycles. The summed E-state index contributed by atoms with van der Waals surface area (Å²) in [6.45, 7) is 0. The molecule has 4 bridgehead atoms. The summed E-state index contributed by atoms with van der Waals surface area (Å²) in [7, 11) is 0. The van der Waals surface area contributed by atoms with Crippen LogP contribution in [0.4, 0.5) is 0 Å². The van der Waals surface area contributed by atoms with Crippen LogP contribution in [0.5, 0.6) is 0 Å². The van der Waals surface area contributed by atoms with Crippen LogP contribution in [0, 0.1) is 17.8 Å². The van der Waals surface area contributed by atoms with Gasteiger partial charge in [-0.05, 0) is 37.0 Å². The molecule has 3 fully saturated rings. The molecule has 0 heteroatoms. The molecule has 2 unspecified atom stereocenters. The molecule has 0 aromatic rings. The van der Waals surface area contributed by atoms with Gasteiger partial charge in [-0.15, -0.1) is 0 Å². The summed E-state index contributed by atoms with van der Waals surface area (Å²) in [5.41, 5.74) is 1.84. The molecule has 0 aromatic carbocycles. The molecule has 0 aliphatic heterocycles. The molecule has 3 saturated carbocycles. The molecular formula is C8H10. The topological polar surface area (TPSA) is 0 Å². The van der Waals surface area contributed by atoms with E-state index in [0.717, 1.165) is 17.8 Å². The van der Waals surface area contributed by atoms with E-state index in [4.69, 9.17) is 0 Å². The van der Waals surface area contributed by atoms with Crippen molar-refractivity contribution < 1.29 is 0 Å². The van der Waals surface area contributed by atoms with Crippen molar-refractivity contribution in [3.05, 3.63) is 11.6 Å². The Kier molecular flexibility index (Phi) is 0.415. The second-order valence-corrected chi connectivity index (χ2v) is 3.39. The monoisotopic (exact) mass is 106 g/mol. The van der Waals surface area contributed by atoms with E-state index in [0.29, 0.717) is 0 Å². The van der Waals surface area contributed by atoms with Gasteiger partial charge >= 0.3 is 0 Å². The van der Waals surface area contributed by atoms with E-state index in [9.17, 15) is 0 Å². The molecule has 5 aliphatic rings. The van der Waals surface area contributed by atoms with E-state index in [1.54, 1.807) is 0 Å². The Labute approximate surface area is 49.6 Å². The Bertz CT molecular complexity index is 153. The van der Waals surface area contributed by atoms with Crippen molar-refractivity contribution in [2.75, 3.05) is 0 Å². The van der Waals surface area contributed by atoms with Gasteiger partial charge in [0.25, 0.3) is 0 Å². The summed E-state index contributed by atoms with van der Waals surface area (Å²) in [6, 6.07) is 0. The standard InChI is InChI=1S/C8H10/c1-2-6-7-3-4-8(6)5(1)7/h1,6-8H,2-4H2. The third-order valence-electron chi connectivity index (χ3n) is 3.30. The minimum absolute atomic E-state index is 1.10. The van der Waals surface area contributed by atoms with Crippen molar-refractivity contribution in [3.8, 4) is 0 Å². The third kappa shape index (κ3) is 0.195. The van der Waals surface area contributed by atoms with Crippen LogP contribution < -0.4 is 0 Å². The Morgan fingerprint density at radius 3 is 2.38 bits per heavy atom. The summed E-state index contributed by atoms with van der Waals surface area (Å²) in [6.07, 6.45) is 6.99. The zero-order valence-corrected chi connectivity index (χ0v) is 4.93. The van der Waals surface area contributed by atoms with Crippen LogP contribution in [0.1, 0.15) is 19.3 Å². The van der Waals surface area contributed by atoms with Gasteiger partial charge in [0.05, 0.1) is 0 Å². The highest BCUT2D eigenvalue weighted by atomic mass is 14.6. The predicted molar refractivity (Wildman–Crippen MR) is 32.4 cm³/mol. The van der Waals surface area contributed by atoms with Crippen molar-refractivity contribution in [1.29, 1.82) is 0 Å². The fourth-order valence-electron chi connectivity index (χ4n) is 2.96. The van der Waals surface area contributed by atoms with Crippen molar-refractivity contribution in [2.45, 2.75) is 19.3 Å². The van der Waals surface area contributed by atoms with Gasteiger partial charge in [-0.25, -0.2) is 0 Å². The Morgan fingerprint density at radius 1 is 1.25 bits per heavy atom. The average molecular weight is 106 g/mol. The zero-order valence-electron chi connectivity index (χ0n) is 4.93. The smallest absolute Gasteiger partial charge is 0.0163 e. The summed E-state index contributed by atoms with van der Waals surface area (Å²) in [4.78, 5) is 0. The van der Waals surface area contributed by atoms with E-state index in [2.05, 4.69) is 6.08 Å². The molecule has 5 aliphatic carbocycles. The van der Waals surface area contributed by atoms with Crippen LogP contribution in [0.15, 0.2) is 11.6 Å². The maximum atomic E-state index is 2.49. The molecule has 5 rings (SSSR count). The number of hydrogen-bond acceptors (Lipinski definition) is 0. The molecule has 8 heavy (non-hydrogen) atoms. The molecule has 2 atom stereocenters. The van der Waals surface area contributed by atoms with Crippen molar-refractivity contribution in [2.24, 2.45) is 17.8 Å². The Hall–Kier alpha value is -0.260. The quantitative estimate of drug-likeness (QED) is 0.414. The molecular weight excluding hydrogens is 96.1 g/mol. The van der Waals surface area contributed by atoms with E-state index in [-0.39, 0.29) is 0 Å². The van der Waals surface area contributed by atoms with Crippen molar-refractivity contribution in [1.82, 2.24) is 0 Å². The van der Waals surface area contributed by atoms with E-state index in [1.165, 1.54) is 19.3 Å². The second-order valence-electron chi connectivity index (χ2n) is 3.39. The van der Waals surface area contributed by atoms with Gasteiger partial charge in [0, 0.05) is 0 Å². The van der Waals surface area contributed by atoms with Gasteiger partial charge in [-0.1, -0.05) is 11.6 Å². The van der Waals surface area contributed by atoms with Gasteiger partial charge in [-0.2, -0.15) is 0 Å². The minimum atomic E-state index is 1.10. The summed E-state index contributed by atoms with van der Waals surface area (Å²) in [5.74, 6) is 3.34. The predicted octanol–water partition coefficient (Wildman–Crippen LogP) is 1.97. The highest BCUT2D eigenvalue weighted by Crippen LogP contribution is 2.63. The molecule has 0 spiro atoms. The van der Waals surface area contributed by atoms with Crippen LogP contribution >= 0.6 is 0 Å². The number of fused-ring (bicyclic) bond motifs is 2. The summed E-state index contributed by atoms with van der Waals surface area (Å²) in [5, 5.41) is 0. The Balaban J connectivity index is 2.20. The molecule has 0 N–H and O–H groups in total. The maximum absolute atomic E-state index is 2.49. The fraction of sp³-hybridized carbons (Fsp3) is 0.750. The van der Waals surface area contributed by atoms with Crippen LogP contribution in [-0.4, -0.2) is 0 Å². The lowest BCUT2D eigenvalue weighted by molar-refractivity contribution is 0.304. The molecule has 0 radical (unpaired) electrons. The SMILES string of the molecule is C1=C2C3CCC2C3C1. The van der Waals surface area contributed by atoms with Gasteiger partial charge in [0.2, 0.25) is 0 Å². The molecule has 42 valence electrons. The molecule has 0 amide bonds. The first kappa shape index (κ1) is 3.71. The molecule has 0 nitrogen and oxygen atoms in total. The second kappa shape index (κ2) is 0.896. The zero-order chi connectivity index (χ0) is 5.14. The lowest BCUT2D eigenvalue weighted by Crippen LogP contribution is -2.24. The minimum Gasteiger partial charge on any atom is -0.0844 e. The summed E-state index contributed by atoms with van der Waals surface area (Å²) < 4.78 is 0. The summed E-state index contributed by atoms with van der Waals surface area (Å²) >= 11 is 0. The van der Waals surface area contributed by atoms with E-state index in [1.807, 2.05) is 5.57 Å². The number of hydrogen-bond donors (Lipinski definition) is 0.